The van der Waals surface area contributed by atoms with E-state index in [0.29, 0.717) is 21.8 Å². The SMILES string of the molecule is CS[C@@H]1C(=O)N(C)CC(NC(=O)c2nc3ccccc3cc2O)C(=O)NCC(=O)N(C)[C@H]2CSSC[C@@H](C(=O)N1C)N(C)C(=O)CNC(=O)C(NC(=O)c1nc3ccccc3cc1O)CN(C)C(=O)[C@H](SC)N(C)C2=O. The molecule has 6 N–H and O–H groups in total. The minimum absolute atomic E-state index is 0.152. The molecule has 2 fully saturated rings. The second-order valence-corrected chi connectivity index (χ2v) is 22.1. The van der Waals surface area contributed by atoms with Crippen LogP contribution in [0.15, 0.2) is 60.7 Å². The van der Waals surface area contributed by atoms with Gasteiger partial charge in [0, 0.05) is 77.7 Å². The highest BCUT2D eigenvalue weighted by atomic mass is 33.1. The van der Waals surface area contributed by atoms with Crippen molar-refractivity contribution in [2.75, 3.05) is 92.5 Å². The van der Waals surface area contributed by atoms with Crippen molar-refractivity contribution in [1.29, 1.82) is 0 Å². The van der Waals surface area contributed by atoms with Crippen molar-refractivity contribution in [3.63, 3.8) is 0 Å². The maximum atomic E-state index is 14.7. The molecule has 10 amide bonds. The van der Waals surface area contributed by atoms with E-state index >= 15 is 0 Å². The first-order valence-electron chi connectivity index (χ1n) is 23.3. The van der Waals surface area contributed by atoms with Gasteiger partial charge in [-0.15, -0.1) is 23.5 Å². The molecular formula is C48H58N12O12S4. The summed E-state index contributed by atoms with van der Waals surface area (Å²) in [6.45, 7) is -2.51. The van der Waals surface area contributed by atoms with Crippen molar-refractivity contribution in [2.24, 2.45) is 0 Å². The van der Waals surface area contributed by atoms with E-state index in [1.807, 2.05) is 0 Å². The van der Waals surface area contributed by atoms with E-state index in [-0.39, 0.29) is 11.5 Å². The number of carbonyl (C=O) groups is 10. The number of hydrogen-bond donors (Lipinski definition) is 6. The van der Waals surface area contributed by atoms with Crippen LogP contribution in [0.3, 0.4) is 0 Å². The van der Waals surface area contributed by atoms with Crippen LogP contribution in [0.4, 0.5) is 0 Å². The molecule has 28 heteroatoms. The summed E-state index contributed by atoms with van der Waals surface area (Å²) in [5, 5.41) is 30.2. The number of fused-ring (bicyclic) bond motifs is 7. The van der Waals surface area contributed by atoms with Gasteiger partial charge in [0.05, 0.1) is 24.1 Å². The number of likely N-dealkylation sites (N-methyl/N-ethyl adjacent to an activating group) is 6. The van der Waals surface area contributed by atoms with E-state index in [4.69, 9.17) is 0 Å². The molecule has 2 bridgehead atoms. The largest absolute Gasteiger partial charge is 0.505 e. The van der Waals surface area contributed by atoms with Gasteiger partial charge in [0.1, 0.15) is 35.7 Å². The lowest BCUT2D eigenvalue weighted by Crippen LogP contribution is -2.60. The Labute approximate surface area is 453 Å². The van der Waals surface area contributed by atoms with E-state index in [1.165, 1.54) is 54.4 Å². The lowest BCUT2D eigenvalue weighted by molar-refractivity contribution is -0.147. The van der Waals surface area contributed by atoms with E-state index in [2.05, 4.69) is 31.2 Å². The quantitative estimate of drug-likeness (QED) is 0.134. The topological polar surface area (TPSA) is 304 Å². The fraction of sp³-hybridized carbons (Fsp3) is 0.417. The Kier molecular flexibility index (Phi) is 19.7. The van der Waals surface area contributed by atoms with Crippen molar-refractivity contribution in [1.82, 2.24) is 60.6 Å². The lowest BCUT2D eigenvalue weighted by Gasteiger charge is -2.37. The predicted molar refractivity (Wildman–Crippen MR) is 289 cm³/mol. The minimum atomic E-state index is -1.60. The van der Waals surface area contributed by atoms with Gasteiger partial charge in [-0.1, -0.05) is 58.0 Å². The van der Waals surface area contributed by atoms with Crippen LogP contribution in [-0.2, 0) is 38.4 Å². The number of amides is 10. The fourth-order valence-corrected chi connectivity index (χ4v) is 12.3. The summed E-state index contributed by atoms with van der Waals surface area (Å²) in [6.07, 6.45) is 3.11. The van der Waals surface area contributed by atoms with Crippen LogP contribution >= 0.6 is 45.1 Å². The monoisotopic (exact) mass is 1120 g/mol. The zero-order chi connectivity index (χ0) is 55.7. The molecule has 406 valence electrons. The Morgan fingerprint density at radius 2 is 0.921 bits per heavy atom. The highest BCUT2D eigenvalue weighted by Crippen LogP contribution is 2.29. The number of aromatic hydroxyl groups is 2. The zero-order valence-corrected chi connectivity index (χ0v) is 45.9. The summed E-state index contributed by atoms with van der Waals surface area (Å²) in [7, 11) is 10.1. The molecule has 2 unspecified atom stereocenters. The molecule has 0 aliphatic carbocycles. The standard InChI is InChI=1S/C48H58N12O12S4/c1-55-21-29(53-41(67)37-33(61)17-25-13-9-11-15-27(25)51-37)39(65)49-19-35(63)58(4)32-24-76-75-23-31(43(69)59(5)47(73-7)45(55)71)57(3)36(64)20-50-40(66)30(22-56(2)46(72)48(74-8)60(6)44(32)70)54-42(68)38-34(62)18-26-14-10-12-16-28(26)52-38/h9-18,29-32,47-48,61-62H,19-24H2,1-8H3,(H,49,65)(H,50,66)(H,53,67)(H,54,68)/t29?,30?,31-,32-,47-,48+/m0/s1. The third-order valence-electron chi connectivity index (χ3n) is 12.7. The van der Waals surface area contributed by atoms with Gasteiger partial charge in [-0.25, -0.2) is 9.97 Å². The number of hydrogen-bond acceptors (Lipinski definition) is 18. The van der Waals surface area contributed by atoms with Crippen molar-refractivity contribution in [2.45, 2.75) is 34.9 Å². The maximum Gasteiger partial charge on any atom is 0.274 e. The van der Waals surface area contributed by atoms with Gasteiger partial charge in [0.15, 0.2) is 22.1 Å². The van der Waals surface area contributed by atoms with Crippen LogP contribution in [-0.4, -0.2) is 236 Å². The number of nitrogens with one attached hydrogen (secondary N) is 4. The summed E-state index contributed by atoms with van der Waals surface area (Å²) < 4.78 is 0. The third kappa shape index (κ3) is 13.3. The molecule has 4 heterocycles. The Morgan fingerprint density at radius 1 is 0.566 bits per heavy atom. The molecule has 2 aromatic heterocycles. The highest BCUT2D eigenvalue weighted by molar-refractivity contribution is 8.76. The summed E-state index contributed by atoms with van der Waals surface area (Å²) in [5.41, 5.74) is -0.160. The summed E-state index contributed by atoms with van der Waals surface area (Å²) >= 11 is 1.91. The number of benzene rings is 2. The van der Waals surface area contributed by atoms with Crippen LogP contribution in [0.25, 0.3) is 21.8 Å². The molecule has 76 heavy (non-hydrogen) atoms. The number of carbonyl (C=O) groups excluding carboxylic acids is 10. The number of pyridine rings is 2. The van der Waals surface area contributed by atoms with Gasteiger partial charge in [0.2, 0.25) is 35.4 Å². The van der Waals surface area contributed by atoms with E-state index < -0.39 is 143 Å². The Bertz CT molecular complexity index is 2750. The van der Waals surface area contributed by atoms with E-state index in [1.54, 1.807) is 61.0 Å². The third-order valence-corrected chi connectivity index (χ3v) is 17.0. The number of aromatic nitrogens is 2. The van der Waals surface area contributed by atoms with Crippen molar-refractivity contribution >= 4 is 126 Å². The average Bonchev–Trinajstić information content (AvgIpc) is 3.40. The Balaban J connectivity index is 1.37. The van der Waals surface area contributed by atoms with Crippen LogP contribution in [0.1, 0.15) is 21.0 Å². The molecule has 2 saturated heterocycles. The normalized spacial score (nSPS) is 22.9. The maximum absolute atomic E-state index is 14.7. The predicted octanol–water partition coefficient (Wildman–Crippen LogP) is -0.402. The molecule has 2 aromatic carbocycles. The first-order valence-corrected chi connectivity index (χ1v) is 28.3. The molecule has 2 aliphatic rings. The van der Waals surface area contributed by atoms with Crippen molar-refractivity contribution in [3.8, 4) is 11.5 Å². The van der Waals surface area contributed by atoms with Gasteiger partial charge in [-0.05, 0) is 36.8 Å². The Hall–Kier alpha value is -7.04. The second kappa shape index (κ2) is 25.7. The van der Waals surface area contributed by atoms with Gasteiger partial charge in [-0.3, -0.25) is 47.9 Å². The number of thioether (sulfide) groups is 2. The van der Waals surface area contributed by atoms with Gasteiger partial charge in [0.25, 0.3) is 23.6 Å². The molecule has 24 nitrogen and oxygen atoms in total. The summed E-state index contributed by atoms with van der Waals surface area (Å²) in [6, 6.07) is 10.1. The first-order chi connectivity index (χ1) is 36.1. The fourth-order valence-electron chi connectivity index (χ4n) is 8.13. The van der Waals surface area contributed by atoms with Gasteiger partial charge in [-0.2, -0.15) is 0 Å². The minimum Gasteiger partial charge on any atom is -0.505 e. The van der Waals surface area contributed by atoms with Crippen LogP contribution in [0, 0.1) is 0 Å². The Morgan fingerprint density at radius 3 is 1.28 bits per heavy atom. The van der Waals surface area contributed by atoms with Crippen LogP contribution in [0.2, 0.25) is 0 Å². The number of nitrogens with zero attached hydrogens (tertiary/aromatic N) is 8. The molecule has 2 aliphatic heterocycles. The molecule has 0 radical (unpaired) electrons. The van der Waals surface area contributed by atoms with E-state index in [0.717, 1.165) is 74.5 Å². The number of para-hydroxylation sites is 2. The lowest BCUT2D eigenvalue weighted by atomic mass is 10.1. The summed E-state index contributed by atoms with van der Waals surface area (Å²) in [4.78, 5) is 157. The highest BCUT2D eigenvalue weighted by Gasteiger charge is 2.40. The number of rotatable bonds is 6. The average molecular weight is 1120 g/mol. The smallest absolute Gasteiger partial charge is 0.274 e. The van der Waals surface area contributed by atoms with Gasteiger partial charge >= 0.3 is 0 Å². The molecule has 4 aromatic rings. The molecular weight excluding hydrogens is 1060 g/mol. The zero-order valence-electron chi connectivity index (χ0n) is 42.7. The molecule has 0 spiro atoms. The first kappa shape index (κ1) is 58.2. The second-order valence-electron chi connectivity index (χ2n) is 17.7. The summed E-state index contributed by atoms with van der Waals surface area (Å²) in [5.74, 6) is -9.67. The van der Waals surface area contributed by atoms with Gasteiger partial charge < -0.3 is 60.9 Å². The van der Waals surface area contributed by atoms with Crippen molar-refractivity contribution in [3.05, 3.63) is 72.1 Å². The van der Waals surface area contributed by atoms with E-state index in [9.17, 15) is 58.2 Å². The molecule has 6 rings (SSSR count). The molecule has 0 saturated carbocycles. The van der Waals surface area contributed by atoms with Crippen LogP contribution in [0.5, 0.6) is 11.5 Å². The van der Waals surface area contributed by atoms with Crippen molar-refractivity contribution < 1.29 is 58.2 Å². The molecule has 6 atom stereocenters. The van der Waals surface area contributed by atoms with Crippen LogP contribution < -0.4 is 21.3 Å².